The first-order valence-electron chi connectivity index (χ1n) is 5.29. The number of rotatable bonds is 7. The summed E-state index contributed by atoms with van der Waals surface area (Å²) in [4.78, 5) is 0. The number of methoxy groups -OCH3 is 1. The Bertz CT molecular complexity index is 301. The molecule has 0 aliphatic heterocycles. The van der Waals surface area contributed by atoms with Crippen LogP contribution < -0.4 is 9.47 Å². The summed E-state index contributed by atoms with van der Waals surface area (Å²) in [5.74, 6) is 1.33. The summed E-state index contributed by atoms with van der Waals surface area (Å²) >= 11 is 0. The van der Waals surface area contributed by atoms with Crippen molar-refractivity contribution in [1.29, 1.82) is 0 Å². The highest BCUT2D eigenvalue weighted by Gasteiger charge is 2.07. The summed E-state index contributed by atoms with van der Waals surface area (Å²) in [6.07, 6.45) is -0.625. The van der Waals surface area contributed by atoms with Gasteiger partial charge in [0.25, 0.3) is 0 Å². The molecule has 1 unspecified atom stereocenters. The summed E-state index contributed by atoms with van der Waals surface area (Å²) in [5.41, 5.74) is 0. The lowest BCUT2D eigenvalue weighted by molar-refractivity contribution is 0.0318. The van der Waals surface area contributed by atoms with Crippen molar-refractivity contribution in [3.63, 3.8) is 0 Å². The summed E-state index contributed by atoms with van der Waals surface area (Å²) < 4.78 is 15.6. The molecule has 0 amide bonds. The molecule has 1 rings (SSSR count). The summed E-state index contributed by atoms with van der Waals surface area (Å²) in [6, 6.07) is 7.38. The molecule has 0 bridgehead atoms. The molecule has 90 valence electrons. The topological polar surface area (TPSA) is 47.9 Å². The maximum atomic E-state index is 9.44. The van der Waals surface area contributed by atoms with E-state index in [1.807, 2.05) is 31.2 Å². The van der Waals surface area contributed by atoms with Crippen LogP contribution in [-0.4, -0.2) is 38.1 Å². The van der Waals surface area contributed by atoms with Gasteiger partial charge in [0, 0.05) is 7.11 Å². The number of benzene rings is 1. The molecule has 16 heavy (non-hydrogen) atoms. The Labute approximate surface area is 95.8 Å². The molecule has 1 aromatic carbocycles. The Morgan fingerprint density at radius 3 is 2.31 bits per heavy atom. The highest BCUT2D eigenvalue weighted by molar-refractivity contribution is 5.39. The zero-order valence-corrected chi connectivity index (χ0v) is 9.68. The first-order chi connectivity index (χ1) is 7.77. The van der Waals surface area contributed by atoms with Gasteiger partial charge in [-0.25, -0.2) is 0 Å². The molecular weight excluding hydrogens is 208 g/mol. The number of aliphatic hydroxyl groups excluding tert-OH is 1. The third kappa shape index (κ3) is 4.08. The molecule has 0 aliphatic rings. The van der Waals surface area contributed by atoms with Crippen LogP contribution >= 0.6 is 0 Å². The zero-order valence-electron chi connectivity index (χ0n) is 9.68. The highest BCUT2D eigenvalue weighted by Crippen LogP contribution is 2.26. The lowest BCUT2D eigenvalue weighted by atomic mass is 10.3. The first kappa shape index (κ1) is 12.8. The van der Waals surface area contributed by atoms with Gasteiger partial charge in [0.1, 0.15) is 12.7 Å². The van der Waals surface area contributed by atoms with Gasteiger partial charge in [-0.2, -0.15) is 0 Å². The molecule has 0 spiro atoms. The number of ether oxygens (including phenoxy) is 3. The van der Waals surface area contributed by atoms with Crippen LogP contribution in [0.1, 0.15) is 6.92 Å². The van der Waals surface area contributed by atoms with Gasteiger partial charge in [0.15, 0.2) is 11.5 Å². The molecule has 4 nitrogen and oxygen atoms in total. The molecule has 0 aliphatic carbocycles. The van der Waals surface area contributed by atoms with Crippen molar-refractivity contribution in [2.45, 2.75) is 13.0 Å². The van der Waals surface area contributed by atoms with Crippen molar-refractivity contribution in [3.05, 3.63) is 24.3 Å². The van der Waals surface area contributed by atoms with E-state index in [4.69, 9.17) is 14.2 Å². The van der Waals surface area contributed by atoms with Crippen LogP contribution in [0.25, 0.3) is 0 Å². The van der Waals surface area contributed by atoms with Crippen LogP contribution in [0, 0.1) is 0 Å². The van der Waals surface area contributed by atoms with Gasteiger partial charge >= 0.3 is 0 Å². The molecule has 0 heterocycles. The van der Waals surface area contributed by atoms with E-state index in [9.17, 15) is 5.11 Å². The fourth-order valence-corrected chi connectivity index (χ4v) is 1.27. The van der Waals surface area contributed by atoms with Crippen molar-refractivity contribution >= 4 is 0 Å². The van der Waals surface area contributed by atoms with E-state index >= 15 is 0 Å². The van der Waals surface area contributed by atoms with Crippen LogP contribution in [0.3, 0.4) is 0 Å². The average molecular weight is 226 g/mol. The summed E-state index contributed by atoms with van der Waals surface area (Å²) in [7, 11) is 1.54. The van der Waals surface area contributed by atoms with Crippen molar-refractivity contribution < 1.29 is 19.3 Å². The minimum absolute atomic E-state index is 0.192. The maximum Gasteiger partial charge on any atom is 0.161 e. The third-order valence-corrected chi connectivity index (χ3v) is 1.94. The van der Waals surface area contributed by atoms with Crippen LogP contribution in [0.5, 0.6) is 11.5 Å². The van der Waals surface area contributed by atoms with E-state index in [-0.39, 0.29) is 13.2 Å². The second-order valence-electron chi connectivity index (χ2n) is 3.30. The molecule has 1 aromatic rings. The standard InChI is InChI=1S/C12H18O4/c1-3-15-11-6-4-5-7-12(11)16-9-10(13)8-14-2/h4-7,10,13H,3,8-9H2,1-2H3. The summed E-state index contributed by atoms with van der Waals surface area (Å²) in [6.45, 7) is 2.95. The van der Waals surface area contributed by atoms with Crippen molar-refractivity contribution in [1.82, 2.24) is 0 Å². The minimum Gasteiger partial charge on any atom is -0.490 e. The average Bonchev–Trinajstić information content (AvgIpc) is 2.29. The Morgan fingerprint density at radius 1 is 1.12 bits per heavy atom. The largest absolute Gasteiger partial charge is 0.490 e. The second-order valence-corrected chi connectivity index (χ2v) is 3.30. The first-order valence-corrected chi connectivity index (χ1v) is 5.29. The molecule has 1 atom stereocenters. The molecule has 0 saturated carbocycles. The van der Waals surface area contributed by atoms with Gasteiger partial charge in [-0.1, -0.05) is 12.1 Å². The van der Waals surface area contributed by atoms with Crippen LogP contribution in [-0.2, 0) is 4.74 Å². The van der Waals surface area contributed by atoms with Gasteiger partial charge < -0.3 is 19.3 Å². The molecule has 4 heteroatoms. The van der Waals surface area contributed by atoms with E-state index in [2.05, 4.69) is 0 Å². The van der Waals surface area contributed by atoms with Crippen LogP contribution in [0.4, 0.5) is 0 Å². The second kappa shape index (κ2) is 7.09. The Morgan fingerprint density at radius 2 is 1.75 bits per heavy atom. The predicted molar refractivity (Wildman–Crippen MR) is 61.0 cm³/mol. The number of hydrogen-bond acceptors (Lipinski definition) is 4. The molecular formula is C12H18O4. The normalized spacial score (nSPS) is 12.2. The van der Waals surface area contributed by atoms with Crippen molar-refractivity contribution in [3.8, 4) is 11.5 Å². The fraction of sp³-hybridized carbons (Fsp3) is 0.500. The quantitative estimate of drug-likeness (QED) is 0.765. The minimum atomic E-state index is -0.625. The Kier molecular flexibility index (Phi) is 5.67. The lowest BCUT2D eigenvalue weighted by Crippen LogP contribution is -2.22. The van der Waals surface area contributed by atoms with Gasteiger partial charge in [-0.3, -0.25) is 0 Å². The Balaban J connectivity index is 2.52. The predicted octanol–water partition coefficient (Wildman–Crippen LogP) is 1.47. The summed E-state index contributed by atoms with van der Waals surface area (Å²) in [5, 5.41) is 9.44. The van der Waals surface area contributed by atoms with Crippen LogP contribution in [0.2, 0.25) is 0 Å². The van der Waals surface area contributed by atoms with Gasteiger partial charge in [-0.15, -0.1) is 0 Å². The van der Waals surface area contributed by atoms with E-state index in [1.54, 1.807) is 0 Å². The molecule has 0 saturated heterocycles. The highest BCUT2D eigenvalue weighted by atomic mass is 16.5. The molecule has 1 N–H and O–H groups in total. The zero-order chi connectivity index (χ0) is 11.8. The monoisotopic (exact) mass is 226 g/mol. The van der Waals surface area contributed by atoms with E-state index < -0.39 is 6.10 Å². The van der Waals surface area contributed by atoms with Crippen molar-refractivity contribution in [2.24, 2.45) is 0 Å². The molecule has 0 radical (unpaired) electrons. The van der Waals surface area contributed by atoms with E-state index in [1.165, 1.54) is 7.11 Å². The maximum absolute atomic E-state index is 9.44. The molecule has 0 fully saturated rings. The van der Waals surface area contributed by atoms with Gasteiger partial charge in [0.2, 0.25) is 0 Å². The SMILES string of the molecule is CCOc1ccccc1OCC(O)COC. The Hall–Kier alpha value is -1.26. The third-order valence-electron chi connectivity index (χ3n) is 1.94. The number of para-hydroxylation sites is 2. The van der Waals surface area contributed by atoms with E-state index in [0.717, 1.165) is 0 Å². The lowest BCUT2D eigenvalue weighted by Gasteiger charge is -2.14. The smallest absolute Gasteiger partial charge is 0.161 e. The van der Waals surface area contributed by atoms with Crippen molar-refractivity contribution in [2.75, 3.05) is 26.9 Å². The number of aliphatic hydroxyl groups is 1. The molecule has 0 aromatic heterocycles. The van der Waals surface area contributed by atoms with E-state index in [0.29, 0.717) is 18.1 Å². The van der Waals surface area contributed by atoms with Gasteiger partial charge in [0.05, 0.1) is 13.2 Å². The van der Waals surface area contributed by atoms with Gasteiger partial charge in [-0.05, 0) is 19.1 Å². The number of hydrogen-bond donors (Lipinski definition) is 1. The fourth-order valence-electron chi connectivity index (χ4n) is 1.27. The van der Waals surface area contributed by atoms with Crippen LogP contribution in [0.15, 0.2) is 24.3 Å².